The van der Waals surface area contributed by atoms with E-state index in [4.69, 9.17) is 10.8 Å². The Hall–Kier alpha value is -2.43. The highest BCUT2D eigenvalue weighted by Gasteiger charge is 2.34. The van der Waals surface area contributed by atoms with Crippen molar-refractivity contribution in [2.45, 2.75) is 32.0 Å². The molecule has 0 aliphatic heterocycles. The highest BCUT2D eigenvalue weighted by Crippen LogP contribution is 2.33. The van der Waals surface area contributed by atoms with Crippen LogP contribution in [0.15, 0.2) is 23.3 Å². The average Bonchev–Trinajstić information content (AvgIpc) is 2.43. The molecule has 5 nitrogen and oxygen atoms in total. The van der Waals surface area contributed by atoms with Crippen LogP contribution in [-0.4, -0.2) is 11.9 Å². The van der Waals surface area contributed by atoms with Gasteiger partial charge in [0, 0.05) is 5.69 Å². The van der Waals surface area contributed by atoms with Crippen molar-refractivity contribution in [1.29, 1.82) is 10.8 Å². The van der Waals surface area contributed by atoms with Gasteiger partial charge < -0.3 is 5.32 Å². The van der Waals surface area contributed by atoms with Crippen LogP contribution in [0.4, 0.5) is 18.9 Å². The van der Waals surface area contributed by atoms with Crippen LogP contribution < -0.4 is 5.32 Å². The first-order chi connectivity index (χ1) is 9.83. The van der Waals surface area contributed by atoms with E-state index in [2.05, 4.69) is 10.4 Å². The molecule has 1 unspecified atom stereocenters. The number of benzene rings is 1. The predicted octanol–water partition coefficient (Wildman–Crippen LogP) is 3.72. The molecular formula is C13H13F3N4O. The van der Waals surface area contributed by atoms with Crippen molar-refractivity contribution in [2.75, 3.05) is 5.32 Å². The Morgan fingerprint density at radius 2 is 2.19 bits per heavy atom. The lowest BCUT2D eigenvalue weighted by atomic mass is 10.1. The van der Waals surface area contributed by atoms with Crippen molar-refractivity contribution in [3.63, 3.8) is 0 Å². The van der Waals surface area contributed by atoms with Crippen molar-refractivity contribution in [1.82, 2.24) is 0 Å². The minimum atomic E-state index is -4.69. The van der Waals surface area contributed by atoms with E-state index in [9.17, 15) is 18.0 Å². The highest BCUT2D eigenvalue weighted by atomic mass is 19.4. The predicted molar refractivity (Wildman–Crippen MR) is 68.6 cm³/mol. The molecule has 1 atom stereocenters. The largest absolute Gasteiger partial charge is 0.417 e. The van der Waals surface area contributed by atoms with E-state index in [1.165, 1.54) is 12.1 Å². The number of nitrogens with one attached hydrogen (secondary N) is 2. The lowest BCUT2D eigenvalue weighted by Gasteiger charge is -2.13. The smallest absolute Gasteiger partial charge is 0.324 e. The number of carbonyl (C=O) groups excluding carboxylic acids is 1. The molecule has 0 radical (unpaired) electrons. The van der Waals surface area contributed by atoms with Gasteiger partial charge in [0.25, 0.3) is 5.91 Å². The van der Waals surface area contributed by atoms with Crippen LogP contribution in [0.25, 0.3) is 0 Å². The van der Waals surface area contributed by atoms with Crippen molar-refractivity contribution in [3.05, 3.63) is 29.3 Å². The summed E-state index contributed by atoms with van der Waals surface area (Å²) in [6.07, 6.45) is -3.74. The zero-order valence-corrected chi connectivity index (χ0v) is 11.2. The van der Waals surface area contributed by atoms with Gasteiger partial charge in [0.15, 0.2) is 0 Å². The fraction of sp³-hybridized carbons (Fsp3) is 0.385. The number of anilines is 1. The van der Waals surface area contributed by atoms with Gasteiger partial charge in [0.2, 0.25) is 0 Å². The summed E-state index contributed by atoms with van der Waals surface area (Å²) in [5, 5.41) is 14.1. The van der Waals surface area contributed by atoms with Crippen LogP contribution in [0.2, 0.25) is 0 Å². The minimum absolute atomic E-state index is 0.0870. The molecule has 0 fully saturated rings. The Labute approximate surface area is 119 Å². The van der Waals surface area contributed by atoms with Crippen LogP contribution in [-0.2, 0) is 11.0 Å². The molecule has 1 rings (SSSR count). The number of amides is 1. The van der Waals surface area contributed by atoms with Crippen molar-refractivity contribution >= 4 is 11.6 Å². The lowest BCUT2D eigenvalue weighted by molar-refractivity contribution is -0.137. The van der Waals surface area contributed by atoms with E-state index >= 15 is 0 Å². The quantitative estimate of drug-likeness (QED) is 0.811. The normalized spacial score (nSPS) is 12.3. The molecule has 1 amide bonds. The SMILES string of the molecule is CCCC(N=N)C(=O)Nc1ccc(C#N)c(C(F)(F)F)c1. The summed E-state index contributed by atoms with van der Waals surface area (Å²) in [4.78, 5) is 11.8. The van der Waals surface area contributed by atoms with Gasteiger partial charge in [-0.2, -0.15) is 23.5 Å². The van der Waals surface area contributed by atoms with Crippen LogP contribution in [0.1, 0.15) is 30.9 Å². The van der Waals surface area contributed by atoms with E-state index < -0.39 is 29.3 Å². The molecule has 21 heavy (non-hydrogen) atoms. The van der Waals surface area contributed by atoms with Crippen molar-refractivity contribution in [2.24, 2.45) is 5.11 Å². The topological polar surface area (TPSA) is 89.1 Å². The molecule has 0 bridgehead atoms. The fourth-order valence-electron chi connectivity index (χ4n) is 1.71. The monoisotopic (exact) mass is 298 g/mol. The van der Waals surface area contributed by atoms with Crippen LogP contribution in [0.5, 0.6) is 0 Å². The Balaban J connectivity index is 3.03. The van der Waals surface area contributed by atoms with Gasteiger partial charge in [0.05, 0.1) is 17.2 Å². The second kappa shape index (κ2) is 6.83. The zero-order valence-electron chi connectivity index (χ0n) is 11.2. The van der Waals surface area contributed by atoms with E-state index in [-0.39, 0.29) is 5.69 Å². The Morgan fingerprint density at radius 1 is 1.52 bits per heavy atom. The molecule has 8 heteroatoms. The number of nitrogens with zero attached hydrogens (tertiary/aromatic N) is 2. The van der Waals surface area contributed by atoms with Gasteiger partial charge >= 0.3 is 6.18 Å². The van der Waals surface area contributed by atoms with E-state index in [1.807, 2.05) is 0 Å². The highest BCUT2D eigenvalue weighted by molar-refractivity contribution is 5.95. The molecule has 1 aromatic carbocycles. The van der Waals surface area contributed by atoms with Crippen LogP contribution in [0, 0.1) is 16.9 Å². The second-order valence-electron chi connectivity index (χ2n) is 4.29. The van der Waals surface area contributed by atoms with Crippen molar-refractivity contribution < 1.29 is 18.0 Å². The molecule has 0 spiro atoms. The molecular weight excluding hydrogens is 285 g/mol. The van der Waals surface area contributed by atoms with E-state index in [0.717, 1.165) is 6.07 Å². The third-order valence-electron chi connectivity index (χ3n) is 2.73. The molecule has 1 aromatic rings. The molecule has 2 N–H and O–H groups in total. The summed E-state index contributed by atoms with van der Waals surface area (Å²) in [7, 11) is 0. The Bertz CT molecular complexity index is 578. The third kappa shape index (κ3) is 4.27. The molecule has 0 saturated heterocycles. The van der Waals surface area contributed by atoms with E-state index in [1.54, 1.807) is 6.92 Å². The first kappa shape index (κ1) is 16.6. The maximum atomic E-state index is 12.8. The minimum Gasteiger partial charge on any atom is -0.324 e. The third-order valence-corrected chi connectivity index (χ3v) is 2.73. The summed E-state index contributed by atoms with van der Waals surface area (Å²) >= 11 is 0. The summed E-state index contributed by atoms with van der Waals surface area (Å²) in [5.41, 5.74) is 5.19. The number of hydrogen-bond donors (Lipinski definition) is 2. The lowest BCUT2D eigenvalue weighted by Crippen LogP contribution is -2.26. The molecule has 0 aliphatic rings. The van der Waals surface area contributed by atoms with Gasteiger partial charge in [-0.15, -0.1) is 0 Å². The first-order valence-corrected chi connectivity index (χ1v) is 6.12. The summed E-state index contributed by atoms with van der Waals surface area (Å²) in [6, 6.07) is 3.42. The van der Waals surface area contributed by atoms with Crippen molar-refractivity contribution in [3.8, 4) is 6.07 Å². The summed E-state index contributed by atoms with van der Waals surface area (Å²) < 4.78 is 38.4. The number of carbonyl (C=O) groups is 1. The second-order valence-corrected chi connectivity index (χ2v) is 4.29. The molecule has 0 aliphatic carbocycles. The standard InChI is InChI=1S/C13H13F3N4O/c1-2-3-11(20-18)12(21)19-9-5-4-8(7-17)10(6-9)13(14,15)16/h4-6,11,18H,2-3H2,1H3,(H,19,21). The van der Waals surface area contributed by atoms with Gasteiger partial charge in [-0.3, -0.25) is 4.79 Å². The maximum absolute atomic E-state index is 12.8. The summed E-state index contributed by atoms with van der Waals surface area (Å²) in [6.45, 7) is 1.80. The van der Waals surface area contributed by atoms with Gasteiger partial charge in [0.1, 0.15) is 6.04 Å². The fourth-order valence-corrected chi connectivity index (χ4v) is 1.71. The maximum Gasteiger partial charge on any atom is 0.417 e. The number of halogens is 3. The van der Waals surface area contributed by atoms with Crippen LogP contribution >= 0.6 is 0 Å². The number of alkyl halides is 3. The summed E-state index contributed by atoms with van der Waals surface area (Å²) in [5.74, 6) is -0.648. The number of rotatable bonds is 5. The van der Waals surface area contributed by atoms with Gasteiger partial charge in [-0.05, 0) is 24.6 Å². The first-order valence-electron chi connectivity index (χ1n) is 6.12. The van der Waals surface area contributed by atoms with Gasteiger partial charge in [-0.1, -0.05) is 13.3 Å². The molecule has 0 saturated carbocycles. The van der Waals surface area contributed by atoms with Gasteiger partial charge in [-0.25, -0.2) is 5.53 Å². The molecule has 0 aromatic heterocycles. The van der Waals surface area contributed by atoms with Crippen LogP contribution in [0.3, 0.4) is 0 Å². The Morgan fingerprint density at radius 3 is 2.67 bits per heavy atom. The Kier molecular flexibility index (Phi) is 5.41. The average molecular weight is 298 g/mol. The van der Waals surface area contributed by atoms with E-state index in [0.29, 0.717) is 18.9 Å². The number of nitriles is 1. The molecule has 0 heterocycles. The number of hydrogen-bond acceptors (Lipinski definition) is 4. The zero-order chi connectivity index (χ0) is 16.0. The molecule has 112 valence electrons.